The van der Waals surface area contributed by atoms with Crippen molar-refractivity contribution in [1.29, 1.82) is 0 Å². The van der Waals surface area contributed by atoms with Gasteiger partial charge in [-0.25, -0.2) is 4.98 Å². The molecule has 0 amide bonds. The average Bonchev–Trinajstić information content (AvgIpc) is 3.26. The molecule has 0 radical (unpaired) electrons. The smallest absolute Gasteiger partial charge is 0.123 e. The summed E-state index contributed by atoms with van der Waals surface area (Å²) in [7, 11) is 0. The van der Waals surface area contributed by atoms with E-state index < -0.39 is 0 Å². The second kappa shape index (κ2) is 10.9. The number of nitrogens with zero attached hydrogens (tertiary/aromatic N) is 3. The van der Waals surface area contributed by atoms with Crippen LogP contribution in [0.15, 0.2) is 60.8 Å². The summed E-state index contributed by atoms with van der Waals surface area (Å²) < 4.78 is 5.55. The number of rotatable bonds is 9. The minimum atomic E-state index is 0.219. The number of aliphatic hydroxyl groups is 1. The average molecular weight is 438 g/mol. The van der Waals surface area contributed by atoms with Crippen LogP contribution in [0.4, 0.5) is 0 Å². The van der Waals surface area contributed by atoms with Crippen molar-refractivity contribution in [3.8, 4) is 16.3 Å². The first kappa shape index (κ1) is 22.0. The highest BCUT2D eigenvalue weighted by Gasteiger charge is 2.27. The Bertz CT molecular complexity index is 929. The van der Waals surface area contributed by atoms with E-state index in [-0.39, 0.29) is 6.61 Å². The molecule has 1 N–H and O–H groups in total. The fourth-order valence-corrected chi connectivity index (χ4v) is 5.10. The Morgan fingerprint density at radius 1 is 1.06 bits per heavy atom. The summed E-state index contributed by atoms with van der Waals surface area (Å²) in [6, 6.07) is 19.1. The number of aliphatic hydroxyl groups excluding tert-OH is 1. The summed E-state index contributed by atoms with van der Waals surface area (Å²) in [6.45, 7) is 7.73. The van der Waals surface area contributed by atoms with Crippen LogP contribution in [0.5, 0.6) is 5.75 Å². The first-order valence-electron chi connectivity index (χ1n) is 11.0. The van der Waals surface area contributed by atoms with Crippen LogP contribution in [0.25, 0.3) is 10.6 Å². The fraction of sp³-hybridized carbons (Fsp3) is 0.400. The SMILES string of the molecule is CCOc1ccc(CN2CCN(Cc3cnc(-c4ccccc4)s3)C[C@@H]2CCO)cc1. The predicted octanol–water partition coefficient (Wildman–Crippen LogP) is 4.28. The molecule has 5 nitrogen and oxygen atoms in total. The maximum atomic E-state index is 9.63. The van der Waals surface area contributed by atoms with Gasteiger partial charge in [0, 0.05) is 62.0 Å². The molecule has 1 saturated heterocycles. The Balaban J connectivity index is 1.36. The summed E-state index contributed by atoms with van der Waals surface area (Å²) in [6.07, 6.45) is 2.81. The molecule has 2 aromatic carbocycles. The van der Waals surface area contributed by atoms with Gasteiger partial charge in [0.15, 0.2) is 0 Å². The van der Waals surface area contributed by atoms with Gasteiger partial charge in [0.1, 0.15) is 10.8 Å². The van der Waals surface area contributed by atoms with Crippen molar-refractivity contribution in [1.82, 2.24) is 14.8 Å². The Hall–Kier alpha value is -2.25. The largest absolute Gasteiger partial charge is 0.494 e. The van der Waals surface area contributed by atoms with Crippen molar-refractivity contribution in [2.24, 2.45) is 0 Å². The maximum absolute atomic E-state index is 9.63. The molecule has 0 spiro atoms. The molecule has 31 heavy (non-hydrogen) atoms. The van der Waals surface area contributed by atoms with Gasteiger partial charge in [-0.3, -0.25) is 9.80 Å². The van der Waals surface area contributed by atoms with E-state index in [1.165, 1.54) is 16.0 Å². The Labute approximate surface area is 188 Å². The molecule has 2 heterocycles. The third kappa shape index (κ3) is 5.92. The van der Waals surface area contributed by atoms with E-state index in [4.69, 9.17) is 4.74 Å². The number of aromatic nitrogens is 1. The van der Waals surface area contributed by atoms with E-state index in [0.717, 1.165) is 49.9 Å². The highest BCUT2D eigenvalue weighted by atomic mass is 32.1. The molecule has 0 bridgehead atoms. The third-order valence-electron chi connectivity index (χ3n) is 5.72. The van der Waals surface area contributed by atoms with Gasteiger partial charge < -0.3 is 9.84 Å². The van der Waals surface area contributed by atoms with Crippen LogP contribution < -0.4 is 4.74 Å². The summed E-state index contributed by atoms with van der Waals surface area (Å²) in [5, 5.41) is 10.7. The van der Waals surface area contributed by atoms with Crippen molar-refractivity contribution in [2.75, 3.05) is 32.8 Å². The summed E-state index contributed by atoms with van der Waals surface area (Å²) in [5.41, 5.74) is 2.46. The first-order chi connectivity index (χ1) is 15.2. The molecular formula is C25H31N3O2S. The summed E-state index contributed by atoms with van der Waals surface area (Å²) in [4.78, 5) is 10.9. The van der Waals surface area contributed by atoms with Crippen molar-refractivity contribution in [3.63, 3.8) is 0 Å². The molecule has 6 heteroatoms. The zero-order valence-electron chi connectivity index (χ0n) is 18.1. The van der Waals surface area contributed by atoms with Crippen LogP contribution >= 0.6 is 11.3 Å². The van der Waals surface area contributed by atoms with E-state index in [9.17, 15) is 5.11 Å². The molecule has 1 aliphatic rings. The quantitative estimate of drug-likeness (QED) is 0.542. The van der Waals surface area contributed by atoms with Gasteiger partial charge in [-0.2, -0.15) is 0 Å². The number of thiazole rings is 1. The highest BCUT2D eigenvalue weighted by Crippen LogP contribution is 2.27. The van der Waals surface area contributed by atoms with Crippen LogP contribution in [-0.4, -0.2) is 58.8 Å². The molecule has 1 aromatic heterocycles. The van der Waals surface area contributed by atoms with Crippen LogP contribution in [0.3, 0.4) is 0 Å². The van der Waals surface area contributed by atoms with E-state index in [1.54, 1.807) is 11.3 Å². The second-order valence-corrected chi connectivity index (χ2v) is 9.06. The molecule has 4 rings (SSSR count). The predicted molar refractivity (Wildman–Crippen MR) is 126 cm³/mol. The molecule has 1 aliphatic heterocycles. The van der Waals surface area contributed by atoms with E-state index in [1.807, 2.05) is 31.3 Å². The molecule has 1 atom stereocenters. The molecule has 164 valence electrons. The number of piperazine rings is 1. The van der Waals surface area contributed by atoms with Crippen molar-refractivity contribution >= 4 is 11.3 Å². The van der Waals surface area contributed by atoms with Gasteiger partial charge in [-0.15, -0.1) is 11.3 Å². The summed E-state index contributed by atoms with van der Waals surface area (Å²) in [5.74, 6) is 0.919. The third-order valence-corrected chi connectivity index (χ3v) is 6.76. The molecular weight excluding hydrogens is 406 g/mol. The van der Waals surface area contributed by atoms with Gasteiger partial charge >= 0.3 is 0 Å². The minimum absolute atomic E-state index is 0.219. The topological polar surface area (TPSA) is 48.8 Å². The van der Waals surface area contributed by atoms with E-state index >= 15 is 0 Å². The lowest BCUT2D eigenvalue weighted by Crippen LogP contribution is -2.52. The van der Waals surface area contributed by atoms with Crippen LogP contribution in [0, 0.1) is 0 Å². The summed E-state index contributed by atoms with van der Waals surface area (Å²) >= 11 is 1.78. The van der Waals surface area contributed by atoms with Gasteiger partial charge in [-0.1, -0.05) is 42.5 Å². The first-order valence-corrected chi connectivity index (χ1v) is 11.9. The minimum Gasteiger partial charge on any atom is -0.494 e. The van der Waals surface area contributed by atoms with Crippen molar-refractivity contribution in [2.45, 2.75) is 32.5 Å². The number of hydrogen-bond donors (Lipinski definition) is 1. The van der Waals surface area contributed by atoms with Gasteiger partial charge in [0.2, 0.25) is 0 Å². The molecule has 0 unspecified atom stereocenters. The lowest BCUT2D eigenvalue weighted by molar-refractivity contribution is 0.0504. The molecule has 0 aliphatic carbocycles. The standard InChI is InChI=1S/C25H31N3O2S/c1-2-30-23-10-8-20(9-11-23)17-28-14-13-27(18-22(28)12-15-29)19-24-16-26-25(31-24)21-6-4-3-5-7-21/h3-11,16,22,29H,2,12-15,17-19H2,1H3/t22-/m0/s1. The van der Waals surface area contributed by atoms with E-state index in [0.29, 0.717) is 12.6 Å². The second-order valence-electron chi connectivity index (χ2n) is 7.95. The van der Waals surface area contributed by atoms with Crippen molar-refractivity contribution < 1.29 is 9.84 Å². The Kier molecular flexibility index (Phi) is 7.70. The molecule has 3 aromatic rings. The lowest BCUT2D eigenvalue weighted by Gasteiger charge is -2.41. The van der Waals surface area contributed by atoms with Gasteiger partial charge in [0.05, 0.1) is 6.61 Å². The molecule has 0 saturated carbocycles. The maximum Gasteiger partial charge on any atom is 0.123 e. The normalized spacial score (nSPS) is 17.7. The van der Waals surface area contributed by atoms with E-state index in [2.05, 4.69) is 51.2 Å². The highest BCUT2D eigenvalue weighted by molar-refractivity contribution is 7.15. The van der Waals surface area contributed by atoms with Crippen molar-refractivity contribution in [3.05, 3.63) is 71.2 Å². The number of hydrogen-bond acceptors (Lipinski definition) is 6. The Morgan fingerprint density at radius 2 is 1.87 bits per heavy atom. The monoisotopic (exact) mass is 437 g/mol. The van der Waals surface area contributed by atoms with Crippen LogP contribution in [0.2, 0.25) is 0 Å². The zero-order valence-corrected chi connectivity index (χ0v) is 18.9. The number of benzene rings is 2. The zero-order chi connectivity index (χ0) is 21.5. The lowest BCUT2D eigenvalue weighted by atomic mass is 10.1. The fourth-order valence-electron chi connectivity index (χ4n) is 4.14. The van der Waals surface area contributed by atoms with Crippen LogP contribution in [0.1, 0.15) is 23.8 Å². The van der Waals surface area contributed by atoms with Gasteiger partial charge in [-0.05, 0) is 31.0 Å². The van der Waals surface area contributed by atoms with Crippen LogP contribution in [-0.2, 0) is 13.1 Å². The molecule has 1 fully saturated rings. The number of ether oxygens (including phenoxy) is 1. The van der Waals surface area contributed by atoms with Gasteiger partial charge in [0.25, 0.3) is 0 Å². The Morgan fingerprint density at radius 3 is 2.61 bits per heavy atom.